The summed E-state index contributed by atoms with van der Waals surface area (Å²) in [6, 6.07) is 5.25. The van der Waals surface area contributed by atoms with E-state index in [2.05, 4.69) is 4.98 Å². The van der Waals surface area contributed by atoms with Gasteiger partial charge in [-0.3, -0.25) is 4.79 Å². The van der Waals surface area contributed by atoms with Crippen molar-refractivity contribution < 1.29 is 18.7 Å². The third-order valence-corrected chi connectivity index (χ3v) is 5.48. The molecule has 1 atom stereocenters. The van der Waals surface area contributed by atoms with Gasteiger partial charge in [0.15, 0.2) is 5.76 Å². The minimum atomic E-state index is -0.354. The van der Waals surface area contributed by atoms with E-state index in [-0.39, 0.29) is 17.1 Å². The molecule has 138 valence electrons. The van der Waals surface area contributed by atoms with Crippen LogP contribution in [0.2, 0.25) is 5.02 Å². The van der Waals surface area contributed by atoms with Crippen molar-refractivity contribution in [1.29, 1.82) is 0 Å². The van der Waals surface area contributed by atoms with Crippen molar-refractivity contribution in [3.63, 3.8) is 0 Å². The molecule has 2 heterocycles. The van der Waals surface area contributed by atoms with E-state index in [0.29, 0.717) is 40.3 Å². The fourth-order valence-electron chi connectivity index (χ4n) is 2.52. The molecule has 0 spiro atoms. The number of methoxy groups -OCH3 is 1. The molecule has 26 heavy (non-hydrogen) atoms. The monoisotopic (exact) mass is 413 g/mol. The summed E-state index contributed by atoms with van der Waals surface area (Å²) < 4.78 is 16.1. The predicted molar refractivity (Wildman–Crippen MR) is 104 cm³/mol. The SMILES string of the molecule is CCOC(=O)Cc1nc(-c2ccc(OC)c(Cl)c2)oc1C1=CCC(Cl)S1. The number of hydrogen-bond donors (Lipinski definition) is 0. The van der Waals surface area contributed by atoms with E-state index in [1.165, 1.54) is 11.8 Å². The highest BCUT2D eigenvalue weighted by molar-refractivity contribution is 8.10. The Morgan fingerprint density at radius 3 is 2.88 bits per heavy atom. The molecule has 0 fully saturated rings. The van der Waals surface area contributed by atoms with Crippen molar-refractivity contribution in [2.24, 2.45) is 0 Å². The number of nitrogens with zero attached hydrogens (tertiary/aromatic N) is 1. The number of rotatable bonds is 6. The molecule has 8 heteroatoms. The standard InChI is InChI=1S/C18H17Cl2NO4S/c1-3-24-16(22)9-12-17(14-6-7-15(20)26-14)25-18(21-12)10-4-5-13(23-2)11(19)8-10/h4-6,8,15H,3,7,9H2,1-2H3. The van der Waals surface area contributed by atoms with E-state index in [0.717, 1.165) is 11.3 Å². The van der Waals surface area contributed by atoms with E-state index >= 15 is 0 Å². The molecule has 0 radical (unpaired) electrons. The van der Waals surface area contributed by atoms with Crippen molar-refractivity contribution in [3.8, 4) is 17.2 Å². The van der Waals surface area contributed by atoms with Gasteiger partial charge in [0.05, 0.1) is 35.6 Å². The summed E-state index contributed by atoms with van der Waals surface area (Å²) in [6.45, 7) is 2.08. The van der Waals surface area contributed by atoms with E-state index < -0.39 is 0 Å². The third-order valence-electron chi connectivity index (χ3n) is 3.68. The van der Waals surface area contributed by atoms with Gasteiger partial charge in [0.25, 0.3) is 0 Å². The maximum absolute atomic E-state index is 11.9. The molecule has 0 amide bonds. The Morgan fingerprint density at radius 1 is 1.46 bits per heavy atom. The maximum atomic E-state index is 11.9. The van der Waals surface area contributed by atoms with Crippen LogP contribution in [0.1, 0.15) is 24.8 Å². The second-order valence-electron chi connectivity index (χ2n) is 5.46. The minimum Gasteiger partial charge on any atom is -0.495 e. The first-order valence-electron chi connectivity index (χ1n) is 8.02. The van der Waals surface area contributed by atoms with Crippen LogP contribution in [0.4, 0.5) is 0 Å². The van der Waals surface area contributed by atoms with Gasteiger partial charge in [-0.05, 0) is 31.5 Å². The lowest BCUT2D eigenvalue weighted by Gasteiger charge is -2.03. The van der Waals surface area contributed by atoms with Crippen LogP contribution >= 0.6 is 35.0 Å². The Labute approximate surface area is 165 Å². The van der Waals surface area contributed by atoms with E-state index in [9.17, 15) is 4.79 Å². The number of carbonyl (C=O) groups is 1. The molecule has 1 unspecified atom stereocenters. The maximum Gasteiger partial charge on any atom is 0.312 e. The molecule has 0 saturated carbocycles. The smallest absolute Gasteiger partial charge is 0.312 e. The summed E-state index contributed by atoms with van der Waals surface area (Å²) >= 11 is 13.9. The normalized spacial score (nSPS) is 16.5. The van der Waals surface area contributed by atoms with E-state index in [1.54, 1.807) is 32.2 Å². The van der Waals surface area contributed by atoms with Gasteiger partial charge in [-0.25, -0.2) is 4.98 Å². The van der Waals surface area contributed by atoms with Crippen LogP contribution in [0, 0.1) is 0 Å². The molecule has 0 saturated heterocycles. The molecule has 0 N–H and O–H groups in total. The van der Waals surface area contributed by atoms with Crippen molar-refractivity contribution in [2.45, 2.75) is 24.5 Å². The molecule has 1 aromatic carbocycles. The van der Waals surface area contributed by atoms with Gasteiger partial charge in [0, 0.05) is 10.5 Å². The van der Waals surface area contributed by atoms with Gasteiger partial charge in [-0.2, -0.15) is 0 Å². The molecule has 5 nitrogen and oxygen atoms in total. The highest BCUT2D eigenvalue weighted by atomic mass is 35.5. The lowest BCUT2D eigenvalue weighted by molar-refractivity contribution is -0.142. The van der Waals surface area contributed by atoms with Crippen LogP contribution in [-0.4, -0.2) is 29.4 Å². The number of ether oxygens (including phenoxy) is 2. The van der Waals surface area contributed by atoms with Crippen LogP contribution in [0.25, 0.3) is 16.4 Å². The Balaban J connectivity index is 1.97. The largest absolute Gasteiger partial charge is 0.495 e. The van der Waals surface area contributed by atoms with Crippen LogP contribution in [-0.2, 0) is 16.0 Å². The second kappa shape index (κ2) is 8.37. The number of halogens is 2. The molecular formula is C18H17Cl2NO4S. The van der Waals surface area contributed by atoms with Crippen molar-refractivity contribution in [2.75, 3.05) is 13.7 Å². The highest BCUT2D eigenvalue weighted by Crippen LogP contribution is 2.43. The Bertz CT molecular complexity index is 850. The summed E-state index contributed by atoms with van der Waals surface area (Å²) in [4.78, 5) is 17.3. The molecule has 1 aliphatic heterocycles. The summed E-state index contributed by atoms with van der Waals surface area (Å²) in [7, 11) is 1.55. The van der Waals surface area contributed by atoms with Crippen molar-refractivity contribution in [1.82, 2.24) is 4.98 Å². The first-order chi connectivity index (χ1) is 12.5. The summed E-state index contributed by atoms with van der Waals surface area (Å²) in [6.07, 6.45) is 2.74. The molecule has 3 rings (SSSR count). The zero-order chi connectivity index (χ0) is 18.7. The molecule has 0 bridgehead atoms. The zero-order valence-corrected chi connectivity index (χ0v) is 16.6. The second-order valence-corrected chi connectivity index (χ2v) is 7.90. The Kier molecular flexibility index (Phi) is 6.16. The van der Waals surface area contributed by atoms with Gasteiger partial charge >= 0.3 is 5.97 Å². The molecule has 1 aromatic heterocycles. The fourth-order valence-corrected chi connectivity index (χ4v) is 4.08. The van der Waals surface area contributed by atoms with Gasteiger partial charge < -0.3 is 13.9 Å². The fraction of sp³-hybridized carbons (Fsp3) is 0.333. The number of thioether (sulfide) groups is 1. The number of carbonyl (C=O) groups excluding carboxylic acids is 1. The number of benzene rings is 1. The van der Waals surface area contributed by atoms with Gasteiger partial charge in [0.2, 0.25) is 5.89 Å². The van der Waals surface area contributed by atoms with E-state index in [1.807, 2.05) is 6.08 Å². The lowest BCUT2D eigenvalue weighted by Crippen LogP contribution is -2.08. The predicted octanol–water partition coefficient (Wildman–Crippen LogP) is 5.15. The van der Waals surface area contributed by atoms with Crippen molar-refractivity contribution >= 4 is 45.8 Å². The average Bonchev–Trinajstić information content (AvgIpc) is 3.21. The molecule has 1 aliphatic rings. The van der Waals surface area contributed by atoms with Gasteiger partial charge in [-0.15, -0.1) is 23.4 Å². The topological polar surface area (TPSA) is 61.6 Å². The molecule has 0 aliphatic carbocycles. The Hall–Kier alpha value is -1.63. The summed E-state index contributed by atoms with van der Waals surface area (Å²) in [5.74, 6) is 1.14. The number of alkyl halides is 1. The van der Waals surface area contributed by atoms with Crippen LogP contribution in [0.5, 0.6) is 5.75 Å². The minimum absolute atomic E-state index is 0.0292. The number of esters is 1. The first kappa shape index (κ1) is 19.1. The quantitative estimate of drug-likeness (QED) is 0.481. The number of aromatic nitrogens is 1. The number of allylic oxidation sites excluding steroid dienone is 1. The number of hydrogen-bond acceptors (Lipinski definition) is 6. The van der Waals surface area contributed by atoms with Crippen LogP contribution in [0.15, 0.2) is 28.7 Å². The highest BCUT2D eigenvalue weighted by Gasteiger charge is 2.26. The zero-order valence-electron chi connectivity index (χ0n) is 14.3. The first-order valence-corrected chi connectivity index (χ1v) is 9.71. The van der Waals surface area contributed by atoms with Crippen LogP contribution < -0.4 is 4.74 Å². The van der Waals surface area contributed by atoms with Crippen molar-refractivity contribution in [3.05, 3.63) is 40.8 Å². The molecular weight excluding hydrogens is 397 g/mol. The van der Waals surface area contributed by atoms with Crippen LogP contribution in [0.3, 0.4) is 0 Å². The third kappa shape index (κ3) is 4.19. The average molecular weight is 414 g/mol. The molecule has 2 aromatic rings. The summed E-state index contributed by atoms with van der Waals surface area (Å²) in [5.41, 5.74) is 1.22. The Morgan fingerprint density at radius 2 is 2.27 bits per heavy atom. The van der Waals surface area contributed by atoms with Gasteiger partial charge in [0.1, 0.15) is 5.75 Å². The summed E-state index contributed by atoms with van der Waals surface area (Å²) in [5, 5.41) is 0.451. The van der Waals surface area contributed by atoms with E-state index in [4.69, 9.17) is 37.1 Å². The number of oxazole rings is 1. The van der Waals surface area contributed by atoms with Gasteiger partial charge in [-0.1, -0.05) is 17.7 Å². The lowest BCUT2D eigenvalue weighted by atomic mass is 10.2.